The summed E-state index contributed by atoms with van der Waals surface area (Å²) in [5, 5.41) is 10.3. The summed E-state index contributed by atoms with van der Waals surface area (Å²) in [6.45, 7) is 2.64. The number of carbonyl (C=O) groups is 2. The van der Waals surface area contributed by atoms with Gasteiger partial charge in [-0.3, -0.25) is 14.5 Å². The molecule has 1 fully saturated rings. The smallest absolute Gasteiger partial charge is 0.222 e. The number of nitrogens with zero attached hydrogens (tertiary/aromatic N) is 2. The molecule has 1 rings (SSSR count). The molecule has 0 aromatic rings. The van der Waals surface area contributed by atoms with Crippen molar-refractivity contribution in [3.05, 3.63) is 0 Å². The molecule has 0 aromatic heterocycles. The Hall–Kier alpha value is -0.940. The third-order valence-electron chi connectivity index (χ3n) is 3.64. The summed E-state index contributed by atoms with van der Waals surface area (Å²) in [6.07, 6.45) is 0.877. The van der Waals surface area contributed by atoms with Crippen molar-refractivity contribution < 1.29 is 14.7 Å². The van der Waals surface area contributed by atoms with E-state index in [1.807, 2.05) is 18.9 Å². The molecule has 0 spiro atoms. The zero-order valence-corrected chi connectivity index (χ0v) is 11.7. The average Bonchev–Trinajstić information content (AvgIpc) is 2.28. The summed E-state index contributed by atoms with van der Waals surface area (Å²) in [7, 11) is 5.24. The van der Waals surface area contributed by atoms with Gasteiger partial charge in [0.25, 0.3) is 0 Å². The maximum atomic E-state index is 11.9. The van der Waals surface area contributed by atoms with Crippen molar-refractivity contribution in [1.29, 1.82) is 0 Å². The Balaban J connectivity index is 2.64. The molecular weight excluding hydrogens is 232 g/mol. The molecule has 1 aliphatic rings. The summed E-state index contributed by atoms with van der Waals surface area (Å²) in [6, 6.07) is -0.455. The fourth-order valence-corrected chi connectivity index (χ4v) is 2.38. The largest absolute Gasteiger partial charge is 0.391 e. The lowest BCUT2D eigenvalue weighted by molar-refractivity contribution is -0.136. The van der Waals surface area contributed by atoms with Crippen LogP contribution < -0.4 is 0 Å². The van der Waals surface area contributed by atoms with Gasteiger partial charge in [-0.1, -0.05) is 6.92 Å². The van der Waals surface area contributed by atoms with Crippen LogP contribution in [0.2, 0.25) is 0 Å². The molecule has 104 valence electrons. The number of aliphatic hydroxyl groups is 1. The van der Waals surface area contributed by atoms with Gasteiger partial charge in [-0.2, -0.15) is 0 Å². The van der Waals surface area contributed by atoms with Crippen LogP contribution in [-0.4, -0.2) is 66.4 Å². The van der Waals surface area contributed by atoms with Crippen molar-refractivity contribution in [1.82, 2.24) is 9.80 Å². The number of aliphatic hydroxyl groups excluding tert-OH is 1. The van der Waals surface area contributed by atoms with Gasteiger partial charge in [0.15, 0.2) is 5.78 Å². The van der Waals surface area contributed by atoms with Gasteiger partial charge < -0.3 is 10.0 Å². The average molecular weight is 256 g/mol. The Kier molecular flexibility index (Phi) is 5.28. The van der Waals surface area contributed by atoms with E-state index in [-0.39, 0.29) is 24.0 Å². The lowest BCUT2D eigenvalue weighted by Crippen LogP contribution is -2.52. The number of likely N-dealkylation sites (tertiary alicyclic amines) is 1. The summed E-state index contributed by atoms with van der Waals surface area (Å²) < 4.78 is 0. The molecule has 1 aliphatic heterocycles. The maximum Gasteiger partial charge on any atom is 0.222 e. The quantitative estimate of drug-likeness (QED) is 0.776. The van der Waals surface area contributed by atoms with Gasteiger partial charge in [0, 0.05) is 26.9 Å². The highest BCUT2D eigenvalue weighted by Crippen LogP contribution is 2.21. The highest BCUT2D eigenvalue weighted by Gasteiger charge is 2.36. The predicted octanol–water partition coefficient (Wildman–Crippen LogP) is 0.125. The number of hydrogen-bond donors (Lipinski definition) is 1. The van der Waals surface area contributed by atoms with Crippen molar-refractivity contribution in [3.63, 3.8) is 0 Å². The zero-order chi connectivity index (χ0) is 13.9. The molecule has 1 N–H and O–H groups in total. The molecule has 0 bridgehead atoms. The fraction of sp³-hybridized carbons (Fsp3) is 0.846. The van der Waals surface area contributed by atoms with Crippen LogP contribution in [0.15, 0.2) is 0 Å². The van der Waals surface area contributed by atoms with E-state index in [2.05, 4.69) is 0 Å². The molecule has 3 atom stereocenters. The van der Waals surface area contributed by atoms with Gasteiger partial charge >= 0.3 is 0 Å². The van der Waals surface area contributed by atoms with Crippen LogP contribution in [0, 0.1) is 5.92 Å². The highest BCUT2D eigenvalue weighted by molar-refractivity contribution is 5.85. The van der Waals surface area contributed by atoms with E-state index in [1.54, 1.807) is 14.1 Å². The van der Waals surface area contributed by atoms with E-state index < -0.39 is 12.1 Å². The second-order valence-electron chi connectivity index (χ2n) is 5.46. The van der Waals surface area contributed by atoms with E-state index >= 15 is 0 Å². The predicted molar refractivity (Wildman–Crippen MR) is 69.1 cm³/mol. The number of likely N-dealkylation sites (N-methyl/N-ethyl adjacent to an activating group) is 1. The standard InChI is InChI=1S/C13H24N2O3/c1-9(8-11(17)14(2)3)13(18)12-10(16)6-5-7-15(12)4/h9,12-13,18H,5-8H2,1-4H3/t9-,12-,13?/m1/s1. The van der Waals surface area contributed by atoms with Crippen molar-refractivity contribution >= 4 is 11.7 Å². The van der Waals surface area contributed by atoms with E-state index in [0.29, 0.717) is 6.42 Å². The third-order valence-corrected chi connectivity index (χ3v) is 3.64. The molecule has 5 nitrogen and oxygen atoms in total. The Bertz CT molecular complexity index is 317. The number of Topliss-reactive ketones (excluding diaryl/α,β-unsaturated/α-hetero) is 1. The number of amides is 1. The number of piperidine rings is 1. The summed E-state index contributed by atoms with van der Waals surface area (Å²) >= 11 is 0. The summed E-state index contributed by atoms with van der Waals surface area (Å²) in [5.41, 5.74) is 0. The molecule has 0 aromatic carbocycles. The number of ketones is 1. The first-order valence-corrected chi connectivity index (χ1v) is 6.45. The minimum atomic E-state index is -0.772. The zero-order valence-electron chi connectivity index (χ0n) is 11.7. The molecule has 1 unspecified atom stereocenters. The van der Waals surface area contributed by atoms with Gasteiger partial charge in [-0.25, -0.2) is 0 Å². The normalized spacial score (nSPS) is 24.7. The van der Waals surface area contributed by atoms with E-state index in [1.165, 1.54) is 4.90 Å². The molecule has 1 heterocycles. The van der Waals surface area contributed by atoms with E-state index in [9.17, 15) is 14.7 Å². The fourth-order valence-electron chi connectivity index (χ4n) is 2.38. The lowest BCUT2D eigenvalue weighted by Gasteiger charge is -2.36. The van der Waals surface area contributed by atoms with Gasteiger partial charge in [0.1, 0.15) is 0 Å². The number of carbonyl (C=O) groups excluding carboxylic acids is 2. The minimum Gasteiger partial charge on any atom is -0.391 e. The first kappa shape index (κ1) is 15.1. The minimum absolute atomic E-state index is 0.0209. The van der Waals surface area contributed by atoms with Crippen molar-refractivity contribution in [2.75, 3.05) is 27.7 Å². The summed E-state index contributed by atoms with van der Waals surface area (Å²) in [4.78, 5) is 26.9. The van der Waals surface area contributed by atoms with Crippen LogP contribution in [0.25, 0.3) is 0 Å². The monoisotopic (exact) mass is 256 g/mol. The molecule has 0 aliphatic carbocycles. The van der Waals surface area contributed by atoms with Crippen LogP contribution in [-0.2, 0) is 9.59 Å². The first-order valence-electron chi connectivity index (χ1n) is 6.45. The Morgan fingerprint density at radius 3 is 2.67 bits per heavy atom. The molecule has 18 heavy (non-hydrogen) atoms. The van der Waals surface area contributed by atoms with E-state index in [0.717, 1.165) is 13.0 Å². The number of rotatable bonds is 4. The molecule has 0 radical (unpaired) electrons. The van der Waals surface area contributed by atoms with Crippen LogP contribution in [0.1, 0.15) is 26.2 Å². The Labute approximate surface area is 109 Å². The van der Waals surface area contributed by atoms with Crippen molar-refractivity contribution in [2.24, 2.45) is 5.92 Å². The number of hydrogen-bond acceptors (Lipinski definition) is 4. The van der Waals surface area contributed by atoms with Gasteiger partial charge in [-0.15, -0.1) is 0 Å². The van der Waals surface area contributed by atoms with E-state index in [4.69, 9.17) is 0 Å². The first-order chi connectivity index (χ1) is 8.34. The van der Waals surface area contributed by atoms with Gasteiger partial charge in [-0.05, 0) is 25.9 Å². The Morgan fingerprint density at radius 2 is 2.17 bits per heavy atom. The molecule has 0 saturated carbocycles. The topological polar surface area (TPSA) is 60.9 Å². The molecule has 5 heteroatoms. The van der Waals surface area contributed by atoms with Gasteiger partial charge in [0.05, 0.1) is 12.1 Å². The molecular formula is C13H24N2O3. The Morgan fingerprint density at radius 1 is 1.56 bits per heavy atom. The molecule has 1 saturated heterocycles. The lowest BCUT2D eigenvalue weighted by atomic mass is 9.88. The second kappa shape index (κ2) is 6.29. The van der Waals surface area contributed by atoms with Crippen LogP contribution in [0.4, 0.5) is 0 Å². The van der Waals surface area contributed by atoms with Crippen LogP contribution in [0.5, 0.6) is 0 Å². The van der Waals surface area contributed by atoms with Crippen molar-refractivity contribution in [2.45, 2.75) is 38.3 Å². The second-order valence-corrected chi connectivity index (χ2v) is 5.46. The summed E-state index contributed by atoms with van der Waals surface area (Å²) in [5.74, 6) is -0.151. The van der Waals surface area contributed by atoms with Crippen molar-refractivity contribution in [3.8, 4) is 0 Å². The maximum absolute atomic E-state index is 11.9. The SMILES string of the molecule is C[C@H](CC(=O)N(C)C)C(O)[C@H]1C(=O)CCCN1C. The third kappa shape index (κ3) is 3.53. The molecule has 1 amide bonds. The van der Waals surface area contributed by atoms with Crippen LogP contribution in [0.3, 0.4) is 0 Å². The van der Waals surface area contributed by atoms with Crippen LogP contribution >= 0.6 is 0 Å². The van der Waals surface area contributed by atoms with Gasteiger partial charge in [0.2, 0.25) is 5.91 Å². The highest BCUT2D eigenvalue weighted by atomic mass is 16.3.